The molecule has 0 saturated heterocycles. The number of aliphatic carboxylic acids is 1. The van der Waals surface area contributed by atoms with Crippen LogP contribution in [0.2, 0.25) is 0 Å². The van der Waals surface area contributed by atoms with Gasteiger partial charge in [0.2, 0.25) is 3.79 Å². The number of carbonyl (C=O) groups excluding carboxylic acids is 1. The Hall–Kier alpha value is -0.870. The molecule has 1 aliphatic rings. The van der Waals surface area contributed by atoms with E-state index in [0.717, 1.165) is 0 Å². The second-order valence-electron chi connectivity index (χ2n) is 3.72. The van der Waals surface area contributed by atoms with Crippen molar-refractivity contribution in [3.8, 4) is 0 Å². The van der Waals surface area contributed by atoms with Crippen LogP contribution in [-0.2, 0) is 25.1 Å². The molecule has 0 aliphatic carbocycles. The number of alkyl halides is 3. The molecule has 0 fully saturated rings. The SMILES string of the molecule is CCON=S1C=C(CC(=O)O)N=C1NC(=O)OCC(Cl)(Cl)Cl. The quantitative estimate of drug-likeness (QED) is 0.552. The molecule has 0 aromatic heterocycles. The summed E-state index contributed by atoms with van der Waals surface area (Å²) in [6, 6.07) is 0. The van der Waals surface area contributed by atoms with Crippen LogP contribution in [-0.4, -0.2) is 39.3 Å². The third kappa shape index (κ3) is 7.41. The first-order valence-electron chi connectivity index (χ1n) is 5.79. The first-order valence-corrected chi connectivity index (χ1v) is 8.17. The maximum absolute atomic E-state index is 11.6. The molecule has 2 N–H and O–H groups in total. The first kappa shape index (κ1) is 19.2. The van der Waals surface area contributed by atoms with Gasteiger partial charge in [0.1, 0.15) is 6.61 Å². The van der Waals surface area contributed by atoms with Gasteiger partial charge >= 0.3 is 12.1 Å². The highest BCUT2D eigenvalue weighted by molar-refractivity contribution is 8.05. The molecule has 1 unspecified atom stereocenters. The minimum atomic E-state index is -1.74. The van der Waals surface area contributed by atoms with Crippen LogP contribution < -0.4 is 5.32 Å². The second-order valence-corrected chi connectivity index (χ2v) is 7.64. The van der Waals surface area contributed by atoms with Gasteiger partial charge in [0.25, 0.3) is 0 Å². The lowest BCUT2D eigenvalue weighted by atomic mass is 10.3. The molecule has 1 atom stereocenters. The van der Waals surface area contributed by atoms with Gasteiger partial charge in [-0.05, 0) is 6.92 Å². The molecule has 22 heavy (non-hydrogen) atoms. The molecular weight excluding hydrogens is 381 g/mol. The van der Waals surface area contributed by atoms with Crippen molar-refractivity contribution in [2.24, 2.45) is 9.52 Å². The van der Waals surface area contributed by atoms with E-state index in [1.807, 2.05) is 0 Å². The van der Waals surface area contributed by atoms with Gasteiger partial charge < -0.3 is 9.84 Å². The minimum absolute atomic E-state index is 0.0963. The topological polar surface area (TPSA) is 110 Å². The van der Waals surface area contributed by atoms with Crippen LogP contribution in [0.25, 0.3) is 0 Å². The molecule has 1 heterocycles. The number of amidine groups is 1. The average Bonchev–Trinajstić information content (AvgIpc) is 2.74. The third-order valence-corrected chi connectivity index (χ3v) is 3.54. The van der Waals surface area contributed by atoms with E-state index in [0.29, 0.717) is 6.61 Å². The normalized spacial score (nSPS) is 17.9. The van der Waals surface area contributed by atoms with Crippen molar-refractivity contribution >= 4 is 62.7 Å². The predicted octanol–water partition coefficient (Wildman–Crippen LogP) is 2.52. The molecule has 0 saturated carbocycles. The summed E-state index contributed by atoms with van der Waals surface area (Å²) in [5, 5.41) is 12.7. The van der Waals surface area contributed by atoms with E-state index in [9.17, 15) is 9.59 Å². The molecule has 0 radical (unpaired) electrons. The number of alkyl carbamates (subject to hydrolysis) is 1. The maximum Gasteiger partial charge on any atom is 0.413 e. The van der Waals surface area contributed by atoms with Crippen molar-refractivity contribution in [2.45, 2.75) is 17.1 Å². The second kappa shape index (κ2) is 8.68. The van der Waals surface area contributed by atoms with Crippen LogP contribution in [0.15, 0.2) is 20.6 Å². The number of carbonyl (C=O) groups is 2. The number of rotatable bonds is 5. The molecule has 0 aromatic carbocycles. The number of carboxylic acids is 1. The van der Waals surface area contributed by atoms with Crippen LogP contribution in [0.1, 0.15) is 13.3 Å². The fraction of sp³-hybridized carbons (Fsp3) is 0.500. The number of hydrogen-bond donors (Lipinski definition) is 2. The third-order valence-electron chi connectivity index (χ3n) is 1.86. The Morgan fingerprint density at radius 1 is 1.50 bits per heavy atom. The van der Waals surface area contributed by atoms with Gasteiger partial charge in [-0.1, -0.05) is 39.3 Å². The predicted molar refractivity (Wildman–Crippen MR) is 84.0 cm³/mol. The van der Waals surface area contributed by atoms with Gasteiger partial charge in [-0.25, -0.2) is 14.6 Å². The summed E-state index contributed by atoms with van der Waals surface area (Å²) < 4.78 is 6.78. The number of amides is 1. The van der Waals surface area contributed by atoms with Crippen LogP contribution >= 0.6 is 34.8 Å². The highest BCUT2D eigenvalue weighted by Crippen LogP contribution is 2.25. The molecule has 0 aromatic rings. The van der Waals surface area contributed by atoms with E-state index in [2.05, 4.69) is 14.8 Å². The summed E-state index contributed by atoms with van der Waals surface area (Å²) in [7, 11) is -1.04. The van der Waals surface area contributed by atoms with Gasteiger partial charge in [-0.3, -0.25) is 10.1 Å². The molecule has 1 rings (SSSR count). The smallest absolute Gasteiger partial charge is 0.413 e. The monoisotopic (exact) mass is 391 g/mol. The van der Waals surface area contributed by atoms with Crippen molar-refractivity contribution in [3.63, 3.8) is 0 Å². The van der Waals surface area contributed by atoms with Crippen LogP contribution in [0.3, 0.4) is 0 Å². The number of carboxylic acid groups (broad SMARTS) is 1. The number of halogens is 3. The number of nitrogens with zero attached hydrogens (tertiary/aromatic N) is 2. The van der Waals surface area contributed by atoms with E-state index < -0.39 is 33.2 Å². The van der Waals surface area contributed by atoms with Crippen molar-refractivity contribution in [1.29, 1.82) is 0 Å². The highest BCUT2D eigenvalue weighted by Gasteiger charge is 2.24. The molecule has 0 spiro atoms. The maximum atomic E-state index is 11.6. The fourth-order valence-corrected chi connectivity index (χ4v) is 2.54. The summed E-state index contributed by atoms with van der Waals surface area (Å²) in [6.45, 7) is 1.59. The molecule has 8 nitrogen and oxygen atoms in total. The Labute approximate surface area is 143 Å². The molecule has 124 valence electrons. The fourth-order valence-electron chi connectivity index (χ4n) is 1.14. The zero-order valence-corrected chi connectivity index (χ0v) is 14.3. The standard InChI is InChI=1S/C10H12Cl3N3O5S/c1-2-21-16-22-4-6(3-7(17)18)14-8(22)15-9(19)20-5-10(11,12)13/h4H,2-3,5H2,1H3,(H,17,18)(H,14,15,19). The first-order chi connectivity index (χ1) is 10.2. The molecule has 0 bridgehead atoms. The lowest BCUT2D eigenvalue weighted by Crippen LogP contribution is -2.34. The average molecular weight is 393 g/mol. The number of ether oxygens (including phenoxy) is 1. The van der Waals surface area contributed by atoms with E-state index in [1.54, 1.807) is 6.92 Å². The largest absolute Gasteiger partial charge is 0.481 e. The Bertz CT molecular complexity index is 544. The molecule has 1 amide bonds. The lowest BCUT2D eigenvalue weighted by molar-refractivity contribution is -0.136. The van der Waals surface area contributed by atoms with Gasteiger partial charge in [-0.2, -0.15) is 0 Å². The summed E-state index contributed by atoms with van der Waals surface area (Å²) in [4.78, 5) is 31.2. The van der Waals surface area contributed by atoms with Crippen molar-refractivity contribution in [1.82, 2.24) is 5.32 Å². The Kier molecular flexibility index (Phi) is 7.57. The van der Waals surface area contributed by atoms with Crippen molar-refractivity contribution in [3.05, 3.63) is 11.1 Å². The molecule has 1 aliphatic heterocycles. The zero-order valence-electron chi connectivity index (χ0n) is 11.2. The van der Waals surface area contributed by atoms with Crippen LogP contribution in [0, 0.1) is 0 Å². The number of aliphatic imine (C=N–C) groups is 1. The molecule has 12 heteroatoms. The van der Waals surface area contributed by atoms with Gasteiger partial charge in [0.15, 0.2) is 5.17 Å². The zero-order chi connectivity index (χ0) is 16.8. The van der Waals surface area contributed by atoms with E-state index in [-0.39, 0.29) is 17.3 Å². The Balaban J connectivity index is 2.73. The van der Waals surface area contributed by atoms with Gasteiger partial charge in [0.05, 0.1) is 18.7 Å². The summed E-state index contributed by atoms with van der Waals surface area (Å²) >= 11 is 16.4. The van der Waals surface area contributed by atoms with Gasteiger partial charge in [0, 0.05) is 16.1 Å². The van der Waals surface area contributed by atoms with Crippen LogP contribution in [0.4, 0.5) is 4.79 Å². The Morgan fingerprint density at radius 2 is 2.18 bits per heavy atom. The minimum Gasteiger partial charge on any atom is -0.481 e. The summed E-state index contributed by atoms with van der Waals surface area (Å²) in [5.41, 5.74) is 0.246. The van der Waals surface area contributed by atoms with Crippen LogP contribution in [0.5, 0.6) is 0 Å². The molecular formula is C10H12Cl3N3O5S. The lowest BCUT2D eigenvalue weighted by Gasteiger charge is -2.12. The Morgan fingerprint density at radius 3 is 2.73 bits per heavy atom. The number of nitrogens with one attached hydrogen (secondary N) is 1. The number of hydrogen-bond acceptors (Lipinski definition) is 6. The summed E-state index contributed by atoms with van der Waals surface area (Å²) in [5.74, 6) is -1.06. The van der Waals surface area contributed by atoms with Gasteiger partial charge in [-0.15, -0.1) is 0 Å². The van der Waals surface area contributed by atoms with E-state index >= 15 is 0 Å². The van der Waals surface area contributed by atoms with E-state index in [4.69, 9.17) is 49.5 Å². The highest BCUT2D eigenvalue weighted by atomic mass is 35.6. The van der Waals surface area contributed by atoms with E-state index in [1.165, 1.54) is 5.41 Å². The van der Waals surface area contributed by atoms with Crippen molar-refractivity contribution < 1.29 is 24.3 Å². The summed E-state index contributed by atoms with van der Waals surface area (Å²) in [6.07, 6.45) is -1.21. The van der Waals surface area contributed by atoms with Crippen molar-refractivity contribution in [2.75, 3.05) is 13.2 Å².